The molecule has 0 unspecified atom stereocenters. The van der Waals surface area contributed by atoms with Gasteiger partial charge in [0.1, 0.15) is 5.56 Å². The lowest BCUT2D eigenvalue weighted by Gasteiger charge is -2.07. The summed E-state index contributed by atoms with van der Waals surface area (Å²) in [6, 6.07) is 8.62. The van der Waals surface area contributed by atoms with Crippen LogP contribution in [-0.2, 0) is 6.54 Å². The van der Waals surface area contributed by atoms with Gasteiger partial charge in [-0.25, -0.2) is 4.98 Å². The summed E-state index contributed by atoms with van der Waals surface area (Å²) in [7, 11) is 0. The standard InChI is InChI=1S/C13H9BrClN3O3/c14-10-4-2-1-3-8(10)7-17-13(19)9-5-6-16-12(15)11(9)18(20)21/h1-6H,7H2,(H,17,19). The monoisotopic (exact) mass is 369 g/mol. The molecule has 1 N–H and O–H groups in total. The molecule has 0 saturated heterocycles. The van der Waals surface area contributed by atoms with E-state index < -0.39 is 16.5 Å². The van der Waals surface area contributed by atoms with Crippen molar-refractivity contribution in [3.05, 3.63) is 67.4 Å². The summed E-state index contributed by atoms with van der Waals surface area (Å²) in [5.74, 6) is -0.582. The molecule has 0 atom stereocenters. The maximum absolute atomic E-state index is 12.1. The van der Waals surface area contributed by atoms with Crippen molar-refractivity contribution < 1.29 is 9.72 Å². The first-order valence-electron chi connectivity index (χ1n) is 5.81. The largest absolute Gasteiger partial charge is 0.348 e. The number of rotatable bonds is 4. The van der Waals surface area contributed by atoms with Gasteiger partial charge in [0.05, 0.1) is 4.92 Å². The van der Waals surface area contributed by atoms with Crippen LogP contribution in [0.2, 0.25) is 5.15 Å². The predicted molar refractivity (Wildman–Crippen MR) is 81.2 cm³/mol. The van der Waals surface area contributed by atoms with Gasteiger partial charge in [-0.2, -0.15) is 0 Å². The lowest BCUT2D eigenvalue weighted by Crippen LogP contribution is -2.24. The molecular formula is C13H9BrClN3O3. The molecule has 108 valence electrons. The van der Waals surface area contributed by atoms with Crippen molar-refractivity contribution in [2.45, 2.75) is 6.54 Å². The molecule has 0 aliphatic rings. The van der Waals surface area contributed by atoms with Crippen molar-refractivity contribution in [2.24, 2.45) is 0 Å². The van der Waals surface area contributed by atoms with Crippen LogP contribution in [-0.4, -0.2) is 15.8 Å². The molecule has 0 bridgehead atoms. The molecule has 0 radical (unpaired) electrons. The molecule has 1 amide bonds. The first kappa shape index (κ1) is 15.4. The highest BCUT2D eigenvalue weighted by molar-refractivity contribution is 9.10. The van der Waals surface area contributed by atoms with Gasteiger partial charge in [-0.3, -0.25) is 14.9 Å². The van der Waals surface area contributed by atoms with Crippen LogP contribution in [0.1, 0.15) is 15.9 Å². The van der Waals surface area contributed by atoms with Gasteiger partial charge < -0.3 is 5.32 Å². The fourth-order valence-corrected chi connectivity index (χ4v) is 2.35. The Kier molecular flexibility index (Phi) is 4.87. The van der Waals surface area contributed by atoms with Gasteiger partial charge in [0.2, 0.25) is 5.15 Å². The number of hydrogen-bond acceptors (Lipinski definition) is 4. The third-order valence-electron chi connectivity index (χ3n) is 2.70. The van der Waals surface area contributed by atoms with Crippen LogP contribution in [0, 0.1) is 10.1 Å². The number of nitrogens with one attached hydrogen (secondary N) is 1. The zero-order chi connectivity index (χ0) is 15.4. The first-order valence-corrected chi connectivity index (χ1v) is 6.98. The SMILES string of the molecule is O=C(NCc1ccccc1Br)c1ccnc(Cl)c1[N+](=O)[O-]. The highest BCUT2D eigenvalue weighted by Crippen LogP contribution is 2.26. The van der Waals surface area contributed by atoms with Crippen molar-refractivity contribution in [3.63, 3.8) is 0 Å². The Morgan fingerprint density at radius 1 is 1.38 bits per heavy atom. The second kappa shape index (κ2) is 6.64. The van der Waals surface area contributed by atoms with Crippen LogP contribution in [0.25, 0.3) is 0 Å². The third-order valence-corrected chi connectivity index (χ3v) is 3.75. The van der Waals surface area contributed by atoms with Gasteiger partial charge in [0, 0.05) is 17.2 Å². The Morgan fingerprint density at radius 3 is 2.76 bits per heavy atom. The van der Waals surface area contributed by atoms with Crippen molar-refractivity contribution in [1.82, 2.24) is 10.3 Å². The van der Waals surface area contributed by atoms with Gasteiger partial charge >= 0.3 is 5.69 Å². The van der Waals surface area contributed by atoms with Crippen LogP contribution < -0.4 is 5.32 Å². The van der Waals surface area contributed by atoms with Crippen molar-refractivity contribution in [2.75, 3.05) is 0 Å². The second-order valence-corrected chi connectivity index (χ2v) is 5.24. The van der Waals surface area contributed by atoms with Crippen LogP contribution >= 0.6 is 27.5 Å². The highest BCUT2D eigenvalue weighted by Gasteiger charge is 2.24. The molecular weight excluding hydrogens is 362 g/mol. The van der Waals surface area contributed by atoms with Gasteiger partial charge in [0.25, 0.3) is 5.91 Å². The quantitative estimate of drug-likeness (QED) is 0.508. The number of carbonyl (C=O) groups excluding carboxylic acids is 1. The average molecular weight is 371 g/mol. The van der Waals surface area contributed by atoms with Crippen molar-refractivity contribution in [1.29, 1.82) is 0 Å². The number of pyridine rings is 1. The fourth-order valence-electron chi connectivity index (χ4n) is 1.70. The van der Waals surface area contributed by atoms with Crippen LogP contribution in [0.15, 0.2) is 41.0 Å². The van der Waals surface area contributed by atoms with Gasteiger partial charge in [0.15, 0.2) is 0 Å². The van der Waals surface area contributed by atoms with Crippen LogP contribution in [0.5, 0.6) is 0 Å². The van der Waals surface area contributed by atoms with E-state index in [0.717, 1.165) is 10.0 Å². The molecule has 0 fully saturated rings. The Balaban J connectivity index is 2.20. The molecule has 0 saturated carbocycles. The van der Waals surface area contributed by atoms with Gasteiger partial charge in [-0.1, -0.05) is 45.7 Å². The number of nitrogens with zero attached hydrogens (tertiary/aromatic N) is 2. The highest BCUT2D eigenvalue weighted by atomic mass is 79.9. The fraction of sp³-hybridized carbons (Fsp3) is 0.0769. The molecule has 1 heterocycles. The number of aromatic nitrogens is 1. The lowest BCUT2D eigenvalue weighted by atomic mass is 10.2. The summed E-state index contributed by atoms with van der Waals surface area (Å²) >= 11 is 9.03. The molecule has 0 aliphatic heterocycles. The average Bonchev–Trinajstić information content (AvgIpc) is 2.45. The van der Waals surface area contributed by atoms with E-state index in [1.807, 2.05) is 24.3 Å². The Bertz CT molecular complexity index is 709. The Hall–Kier alpha value is -1.99. The number of amides is 1. The summed E-state index contributed by atoms with van der Waals surface area (Å²) in [5, 5.41) is 13.3. The van der Waals surface area contributed by atoms with E-state index in [-0.39, 0.29) is 17.3 Å². The number of nitro groups is 1. The van der Waals surface area contributed by atoms with E-state index in [2.05, 4.69) is 26.2 Å². The smallest absolute Gasteiger partial charge is 0.319 e. The van der Waals surface area contributed by atoms with Crippen molar-refractivity contribution >= 4 is 39.1 Å². The minimum absolute atomic E-state index is 0.118. The summed E-state index contributed by atoms with van der Waals surface area (Å²) in [4.78, 5) is 26.0. The van der Waals surface area contributed by atoms with Crippen LogP contribution in [0.4, 0.5) is 5.69 Å². The maximum Gasteiger partial charge on any atom is 0.319 e. The lowest BCUT2D eigenvalue weighted by molar-refractivity contribution is -0.385. The zero-order valence-corrected chi connectivity index (χ0v) is 12.9. The molecule has 2 rings (SSSR count). The summed E-state index contributed by atoms with van der Waals surface area (Å²) < 4.78 is 0.840. The van der Waals surface area contributed by atoms with E-state index >= 15 is 0 Å². The first-order chi connectivity index (χ1) is 10.0. The minimum atomic E-state index is -0.720. The second-order valence-electron chi connectivity index (χ2n) is 4.03. The molecule has 6 nitrogen and oxygen atoms in total. The number of halogens is 2. The molecule has 0 spiro atoms. The number of carbonyl (C=O) groups is 1. The van der Waals surface area contributed by atoms with Crippen molar-refractivity contribution in [3.8, 4) is 0 Å². The van der Waals surface area contributed by atoms with E-state index in [1.165, 1.54) is 12.3 Å². The molecule has 1 aromatic carbocycles. The summed E-state index contributed by atoms with van der Waals surface area (Å²) in [5.41, 5.74) is 0.240. The maximum atomic E-state index is 12.1. The number of benzene rings is 1. The predicted octanol–water partition coefficient (Wildman–Crippen LogP) is 3.34. The molecule has 0 aliphatic carbocycles. The Labute approximate surface area is 133 Å². The molecule has 1 aromatic heterocycles. The van der Waals surface area contributed by atoms with E-state index in [9.17, 15) is 14.9 Å². The van der Waals surface area contributed by atoms with E-state index in [0.29, 0.717) is 0 Å². The van der Waals surface area contributed by atoms with E-state index in [4.69, 9.17) is 11.6 Å². The third kappa shape index (κ3) is 3.56. The zero-order valence-electron chi connectivity index (χ0n) is 10.5. The minimum Gasteiger partial charge on any atom is -0.348 e. The van der Waals surface area contributed by atoms with Crippen LogP contribution in [0.3, 0.4) is 0 Å². The van der Waals surface area contributed by atoms with E-state index in [1.54, 1.807) is 0 Å². The molecule has 8 heteroatoms. The van der Waals surface area contributed by atoms with Gasteiger partial charge in [-0.05, 0) is 17.7 Å². The summed E-state index contributed by atoms with van der Waals surface area (Å²) in [6.07, 6.45) is 1.25. The molecule has 21 heavy (non-hydrogen) atoms. The summed E-state index contributed by atoms with van der Waals surface area (Å²) in [6.45, 7) is 0.233. The normalized spacial score (nSPS) is 10.2. The topological polar surface area (TPSA) is 85.1 Å². The molecule has 2 aromatic rings. The number of hydrogen-bond donors (Lipinski definition) is 1. The van der Waals surface area contributed by atoms with Gasteiger partial charge in [-0.15, -0.1) is 0 Å². The Morgan fingerprint density at radius 2 is 2.10 bits per heavy atom.